The van der Waals surface area contributed by atoms with Crippen LogP contribution in [0.3, 0.4) is 0 Å². The van der Waals surface area contributed by atoms with E-state index in [1.54, 1.807) is 7.11 Å². The molecule has 0 radical (unpaired) electrons. The van der Waals surface area contributed by atoms with Crippen LogP contribution >= 0.6 is 0 Å². The Morgan fingerprint density at radius 2 is 1.85 bits per heavy atom. The molecule has 20 heavy (non-hydrogen) atoms. The molecule has 0 N–H and O–H groups in total. The van der Waals surface area contributed by atoms with Gasteiger partial charge in [0.25, 0.3) is 0 Å². The van der Waals surface area contributed by atoms with Crippen molar-refractivity contribution in [3.63, 3.8) is 0 Å². The highest BCUT2D eigenvalue weighted by molar-refractivity contribution is 5.95. The lowest BCUT2D eigenvalue weighted by Crippen LogP contribution is -2.09. The van der Waals surface area contributed by atoms with Crippen molar-refractivity contribution in [1.29, 1.82) is 0 Å². The molecule has 0 amide bonds. The molecule has 0 aliphatic carbocycles. The molecule has 1 unspecified atom stereocenters. The van der Waals surface area contributed by atoms with Gasteiger partial charge in [-0.3, -0.25) is 0 Å². The summed E-state index contributed by atoms with van der Waals surface area (Å²) in [7, 11) is 1.66. The minimum Gasteiger partial charge on any atom is -0.497 e. The van der Waals surface area contributed by atoms with Gasteiger partial charge in [0.1, 0.15) is 12.4 Å². The van der Waals surface area contributed by atoms with Crippen molar-refractivity contribution in [1.82, 2.24) is 0 Å². The van der Waals surface area contributed by atoms with Gasteiger partial charge in [-0.2, -0.15) is 0 Å². The summed E-state index contributed by atoms with van der Waals surface area (Å²) in [5.41, 5.74) is 2.29. The number of rotatable bonds is 4. The fraction of sp³-hybridized carbons (Fsp3) is 0.235. The second kappa shape index (κ2) is 5.78. The summed E-state index contributed by atoms with van der Waals surface area (Å²) in [6, 6.07) is 18.4. The Balaban J connectivity index is 1.71. The average Bonchev–Trinajstić information content (AvgIpc) is 2.97. The van der Waals surface area contributed by atoms with Crippen molar-refractivity contribution < 1.29 is 9.47 Å². The molecule has 3 nitrogen and oxygen atoms in total. The van der Waals surface area contributed by atoms with Crippen LogP contribution in [0.5, 0.6) is 5.75 Å². The van der Waals surface area contributed by atoms with Gasteiger partial charge in [0, 0.05) is 5.56 Å². The molecule has 0 saturated heterocycles. The van der Waals surface area contributed by atoms with Crippen molar-refractivity contribution in [2.24, 2.45) is 4.99 Å². The summed E-state index contributed by atoms with van der Waals surface area (Å²) >= 11 is 0. The van der Waals surface area contributed by atoms with Crippen LogP contribution in [0.2, 0.25) is 0 Å². The minimum absolute atomic E-state index is 0.203. The Bertz CT molecular complexity index is 590. The first-order valence-corrected chi connectivity index (χ1v) is 6.74. The third-order valence-electron chi connectivity index (χ3n) is 3.36. The van der Waals surface area contributed by atoms with Crippen molar-refractivity contribution in [2.75, 3.05) is 13.7 Å². The maximum atomic E-state index is 5.71. The molecule has 2 aromatic rings. The average molecular weight is 267 g/mol. The molecule has 1 heterocycles. The first kappa shape index (κ1) is 12.7. The number of aliphatic imine (C=N–C) groups is 1. The van der Waals surface area contributed by atoms with Crippen molar-refractivity contribution in [3.05, 3.63) is 65.7 Å². The molecule has 2 aromatic carbocycles. The lowest BCUT2D eigenvalue weighted by molar-refractivity contribution is 0.317. The summed E-state index contributed by atoms with van der Waals surface area (Å²) in [6.45, 7) is 0.649. The number of hydrogen-bond acceptors (Lipinski definition) is 3. The van der Waals surface area contributed by atoms with Gasteiger partial charge >= 0.3 is 0 Å². The normalized spacial score (nSPS) is 17.4. The number of benzene rings is 2. The van der Waals surface area contributed by atoms with Crippen molar-refractivity contribution >= 4 is 5.90 Å². The van der Waals surface area contributed by atoms with Gasteiger partial charge in [-0.25, -0.2) is 4.99 Å². The highest BCUT2D eigenvalue weighted by Crippen LogP contribution is 2.18. The van der Waals surface area contributed by atoms with Crippen LogP contribution in [-0.2, 0) is 11.2 Å². The fourth-order valence-corrected chi connectivity index (χ4v) is 2.30. The summed E-state index contributed by atoms with van der Waals surface area (Å²) in [4.78, 5) is 4.66. The van der Waals surface area contributed by atoms with E-state index in [0.717, 1.165) is 23.6 Å². The second-order valence-corrected chi connectivity index (χ2v) is 4.82. The predicted molar refractivity (Wildman–Crippen MR) is 79.4 cm³/mol. The number of ether oxygens (including phenoxy) is 2. The number of hydrogen-bond donors (Lipinski definition) is 0. The van der Waals surface area contributed by atoms with E-state index in [9.17, 15) is 0 Å². The fourth-order valence-electron chi connectivity index (χ4n) is 2.30. The van der Waals surface area contributed by atoms with Crippen LogP contribution in [-0.4, -0.2) is 25.7 Å². The van der Waals surface area contributed by atoms with Gasteiger partial charge < -0.3 is 9.47 Å². The molecule has 3 rings (SSSR count). The van der Waals surface area contributed by atoms with E-state index in [0.29, 0.717) is 6.61 Å². The third-order valence-corrected chi connectivity index (χ3v) is 3.36. The number of nitrogens with zero attached hydrogens (tertiary/aromatic N) is 1. The molecule has 0 fully saturated rings. The standard InChI is InChI=1S/C17H17NO2/c1-19-16-9-7-14(8-10-16)17-18-15(12-20-17)11-13-5-3-2-4-6-13/h2-10,15H,11-12H2,1H3. The Morgan fingerprint density at radius 1 is 1.10 bits per heavy atom. The van der Waals surface area contributed by atoms with E-state index in [1.807, 2.05) is 30.3 Å². The monoisotopic (exact) mass is 267 g/mol. The van der Waals surface area contributed by atoms with E-state index in [2.05, 4.69) is 29.3 Å². The molecule has 102 valence electrons. The van der Waals surface area contributed by atoms with Gasteiger partial charge in [-0.15, -0.1) is 0 Å². The molecule has 0 aromatic heterocycles. The molecule has 1 aliphatic heterocycles. The SMILES string of the molecule is COc1ccc(C2=NC(Cc3ccccc3)CO2)cc1. The van der Waals surface area contributed by atoms with Crippen LogP contribution in [0.1, 0.15) is 11.1 Å². The van der Waals surface area contributed by atoms with Crippen LogP contribution in [0.25, 0.3) is 0 Å². The molecular formula is C17H17NO2. The first-order valence-electron chi connectivity index (χ1n) is 6.74. The van der Waals surface area contributed by atoms with Crippen LogP contribution in [0, 0.1) is 0 Å². The zero-order valence-corrected chi connectivity index (χ0v) is 11.5. The smallest absolute Gasteiger partial charge is 0.216 e. The largest absolute Gasteiger partial charge is 0.497 e. The molecule has 0 bridgehead atoms. The Morgan fingerprint density at radius 3 is 2.55 bits per heavy atom. The third kappa shape index (κ3) is 2.82. The molecule has 1 aliphatic rings. The van der Waals surface area contributed by atoms with E-state index in [1.165, 1.54) is 5.56 Å². The molecule has 1 atom stereocenters. The maximum absolute atomic E-state index is 5.71. The molecule has 0 saturated carbocycles. The van der Waals surface area contributed by atoms with Crippen molar-refractivity contribution in [3.8, 4) is 5.75 Å². The highest BCUT2D eigenvalue weighted by atomic mass is 16.5. The van der Waals surface area contributed by atoms with Gasteiger partial charge in [0.2, 0.25) is 5.90 Å². The summed E-state index contributed by atoms with van der Waals surface area (Å²) in [5.74, 6) is 1.57. The topological polar surface area (TPSA) is 30.8 Å². The van der Waals surface area contributed by atoms with E-state index in [4.69, 9.17) is 9.47 Å². The van der Waals surface area contributed by atoms with Gasteiger partial charge in [0.05, 0.1) is 13.2 Å². The highest BCUT2D eigenvalue weighted by Gasteiger charge is 2.20. The van der Waals surface area contributed by atoms with E-state index >= 15 is 0 Å². The predicted octanol–water partition coefficient (Wildman–Crippen LogP) is 3.08. The van der Waals surface area contributed by atoms with Crippen LogP contribution < -0.4 is 4.74 Å². The summed E-state index contributed by atoms with van der Waals surface area (Å²) < 4.78 is 10.9. The first-order chi connectivity index (χ1) is 9.85. The van der Waals surface area contributed by atoms with Crippen molar-refractivity contribution in [2.45, 2.75) is 12.5 Å². The summed E-state index contributed by atoms with van der Waals surface area (Å²) in [6.07, 6.45) is 0.917. The summed E-state index contributed by atoms with van der Waals surface area (Å²) in [5, 5.41) is 0. The van der Waals surface area contributed by atoms with Gasteiger partial charge in [0.15, 0.2) is 0 Å². The van der Waals surface area contributed by atoms with E-state index in [-0.39, 0.29) is 6.04 Å². The second-order valence-electron chi connectivity index (χ2n) is 4.82. The zero-order valence-electron chi connectivity index (χ0n) is 11.5. The van der Waals surface area contributed by atoms with Gasteiger partial charge in [-0.1, -0.05) is 30.3 Å². The molecular weight excluding hydrogens is 250 g/mol. The maximum Gasteiger partial charge on any atom is 0.216 e. The van der Waals surface area contributed by atoms with Crippen LogP contribution in [0.4, 0.5) is 0 Å². The lowest BCUT2D eigenvalue weighted by atomic mass is 10.1. The van der Waals surface area contributed by atoms with E-state index < -0.39 is 0 Å². The Labute approximate surface area is 118 Å². The Hall–Kier alpha value is -2.29. The zero-order chi connectivity index (χ0) is 13.8. The minimum atomic E-state index is 0.203. The number of methoxy groups -OCH3 is 1. The quantitative estimate of drug-likeness (QED) is 0.852. The molecule has 3 heteroatoms. The van der Waals surface area contributed by atoms with Crippen LogP contribution in [0.15, 0.2) is 59.6 Å². The lowest BCUT2D eigenvalue weighted by Gasteiger charge is -2.04. The van der Waals surface area contributed by atoms with Gasteiger partial charge in [-0.05, 0) is 36.2 Å². The molecule has 0 spiro atoms. The Kier molecular flexibility index (Phi) is 3.68.